The number of ether oxygens (including phenoxy) is 2. The molecular weight excluding hydrogens is 603 g/mol. The van der Waals surface area contributed by atoms with Gasteiger partial charge in [-0.2, -0.15) is 0 Å². The van der Waals surface area contributed by atoms with Crippen LogP contribution in [-0.2, 0) is 18.8 Å². The van der Waals surface area contributed by atoms with Crippen molar-refractivity contribution in [2.75, 3.05) is 27.4 Å². The Labute approximate surface area is 282 Å². The number of amides is 1. The van der Waals surface area contributed by atoms with Gasteiger partial charge >= 0.3 is 5.97 Å². The predicted molar refractivity (Wildman–Crippen MR) is 193 cm³/mol. The predicted octanol–water partition coefficient (Wildman–Crippen LogP) is 7.04. The Morgan fingerprint density at radius 3 is 2.17 bits per heavy atom. The lowest BCUT2D eigenvalue weighted by Crippen LogP contribution is -2.66. The highest BCUT2D eigenvalue weighted by Crippen LogP contribution is 2.37. The molecule has 1 heterocycles. The van der Waals surface area contributed by atoms with Crippen molar-refractivity contribution in [2.24, 2.45) is 11.8 Å². The molecule has 6 nitrogen and oxygen atoms in total. The number of carbonyl (C=O) groups excluding carboxylic acids is 2. The maximum absolute atomic E-state index is 14.3. The van der Waals surface area contributed by atoms with Crippen molar-refractivity contribution in [3.63, 3.8) is 0 Å². The first-order chi connectivity index (χ1) is 22.5. The Morgan fingerprint density at radius 1 is 0.979 bits per heavy atom. The first-order valence-corrected chi connectivity index (χ1v) is 18.5. The van der Waals surface area contributed by atoms with E-state index < -0.39 is 20.3 Å². The van der Waals surface area contributed by atoms with Gasteiger partial charge in [-0.3, -0.25) is 4.79 Å². The summed E-state index contributed by atoms with van der Waals surface area (Å²) in [5, 5.41) is 2.36. The molecule has 0 aliphatic carbocycles. The molecule has 0 spiro atoms. The van der Waals surface area contributed by atoms with Gasteiger partial charge in [0.05, 0.1) is 20.1 Å². The van der Waals surface area contributed by atoms with Crippen molar-refractivity contribution in [1.29, 1.82) is 0 Å². The van der Waals surface area contributed by atoms with Crippen LogP contribution in [-0.4, -0.2) is 58.5 Å². The molecule has 0 radical (unpaired) electrons. The molecule has 0 bridgehead atoms. The fraction of sp³-hybridized carbons (Fsp3) is 0.400. The zero-order valence-corrected chi connectivity index (χ0v) is 29.9. The van der Waals surface area contributed by atoms with Gasteiger partial charge in [0.2, 0.25) is 5.91 Å². The number of allylic oxidation sites excluding steroid dienone is 1. The molecular formula is C40H51NO5Si. The smallest absolute Gasteiger partial charge is 0.328 e. The Bertz CT molecular complexity index is 1470. The van der Waals surface area contributed by atoms with Crippen LogP contribution in [0.25, 0.3) is 6.08 Å². The van der Waals surface area contributed by atoms with Gasteiger partial charge in [-0.25, -0.2) is 4.79 Å². The fourth-order valence-electron chi connectivity index (χ4n) is 6.97. The minimum atomic E-state index is -2.69. The van der Waals surface area contributed by atoms with Gasteiger partial charge in [0.25, 0.3) is 8.32 Å². The number of esters is 1. The maximum Gasteiger partial charge on any atom is 0.328 e. The summed E-state index contributed by atoms with van der Waals surface area (Å²) >= 11 is 0. The van der Waals surface area contributed by atoms with Crippen LogP contribution in [0.15, 0.2) is 103 Å². The molecule has 3 aromatic rings. The summed E-state index contributed by atoms with van der Waals surface area (Å²) in [6, 6.07) is 28.5. The summed E-state index contributed by atoms with van der Waals surface area (Å²) in [5.74, 6) is -0.338. The third kappa shape index (κ3) is 8.32. The van der Waals surface area contributed by atoms with E-state index in [1.165, 1.54) is 17.5 Å². The van der Waals surface area contributed by atoms with Gasteiger partial charge in [0.1, 0.15) is 11.8 Å². The van der Waals surface area contributed by atoms with Crippen molar-refractivity contribution in [1.82, 2.24) is 4.90 Å². The summed E-state index contributed by atoms with van der Waals surface area (Å²) < 4.78 is 17.7. The molecule has 3 atom stereocenters. The summed E-state index contributed by atoms with van der Waals surface area (Å²) in [4.78, 5) is 28.7. The van der Waals surface area contributed by atoms with E-state index in [-0.39, 0.29) is 22.8 Å². The molecule has 0 unspecified atom stereocenters. The molecule has 0 saturated carbocycles. The van der Waals surface area contributed by atoms with Crippen molar-refractivity contribution in [3.8, 4) is 5.75 Å². The molecule has 1 fully saturated rings. The van der Waals surface area contributed by atoms with E-state index in [0.29, 0.717) is 26.0 Å². The molecule has 4 rings (SSSR count). The summed E-state index contributed by atoms with van der Waals surface area (Å²) in [6.07, 6.45) is 6.79. The lowest BCUT2D eigenvalue weighted by Gasteiger charge is -2.43. The third-order valence-corrected chi connectivity index (χ3v) is 14.4. The van der Waals surface area contributed by atoms with Gasteiger partial charge in [-0.05, 0) is 71.6 Å². The summed E-state index contributed by atoms with van der Waals surface area (Å²) in [7, 11) is 0.333. The molecule has 7 heteroatoms. The van der Waals surface area contributed by atoms with Crippen LogP contribution in [0, 0.1) is 11.8 Å². The zero-order valence-electron chi connectivity index (χ0n) is 28.9. The highest BCUT2D eigenvalue weighted by Gasteiger charge is 2.50. The topological polar surface area (TPSA) is 65.1 Å². The number of nitrogens with zero attached hydrogens (tertiary/aromatic N) is 1. The Hall–Kier alpha value is -3.94. The second-order valence-electron chi connectivity index (χ2n) is 13.5. The SMILES string of the molecule is C=C(C)[C@@H](CCCO[Si](c1ccccc1)(c1ccccc1)C(C)(C)C)[C@H](/C=C/c1cccc(OC)c1)C(=O)N1CCC[C@H]1C(=O)OC. The highest BCUT2D eigenvalue weighted by molar-refractivity contribution is 6.99. The average Bonchev–Trinajstić information content (AvgIpc) is 3.57. The molecule has 3 aromatic carbocycles. The second kappa shape index (κ2) is 16.2. The van der Waals surface area contributed by atoms with Gasteiger partial charge in [-0.15, -0.1) is 0 Å². The second-order valence-corrected chi connectivity index (χ2v) is 17.8. The monoisotopic (exact) mass is 653 g/mol. The molecule has 47 heavy (non-hydrogen) atoms. The van der Waals surface area contributed by atoms with E-state index in [1.807, 2.05) is 43.3 Å². The van der Waals surface area contributed by atoms with Crippen molar-refractivity contribution >= 4 is 36.6 Å². The minimum Gasteiger partial charge on any atom is -0.497 e. The molecule has 1 aliphatic heterocycles. The number of benzene rings is 3. The normalized spacial score (nSPS) is 16.6. The number of likely N-dealkylation sites (tertiary alicyclic amines) is 1. The lowest BCUT2D eigenvalue weighted by atomic mass is 9.82. The molecule has 1 aliphatic rings. The zero-order chi connectivity index (χ0) is 34.0. The van der Waals surface area contributed by atoms with Crippen molar-refractivity contribution in [3.05, 3.63) is 109 Å². The summed E-state index contributed by atoms with van der Waals surface area (Å²) in [6.45, 7) is 14.3. The van der Waals surface area contributed by atoms with Crippen molar-refractivity contribution < 1.29 is 23.5 Å². The van der Waals surface area contributed by atoms with Crippen LogP contribution in [0.3, 0.4) is 0 Å². The molecule has 250 valence electrons. The summed E-state index contributed by atoms with van der Waals surface area (Å²) in [5.41, 5.74) is 1.86. The van der Waals surface area contributed by atoms with Crippen LogP contribution >= 0.6 is 0 Å². The quantitative estimate of drug-likeness (QED) is 0.0809. The maximum atomic E-state index is 14.3. The fourth-order valence-corrected chi connectivity index (χ4v) is 11.6. The molecule has 0 aromatic heterocycles. The van der Waals surface area contributed by atoms with Crippen LogP contribution < -0.4 is 15.1 Å². The van der Waals surface area contributed by atoms with E-state index in [2.05, 4.69) is 88.0 Å². The third-order valence-electron chi connectivity index (χ3n) is 9.35. The molecule has 1 saturated heterocycles. The molecule has 0 N–H and O–H groups in total. The lowest BCUT2D eigenvalue weighted by molar-refractivity contribution is -0.152. The number of hydrogen-bond donors (Lipinski definition) is 0. The van der Waals surface area contributed by atoms with E-state index in [0.717, 1.165) is 29.7 Å². The Kier molecular flexibility index (Phi) is 12.4. The molecule has 1 amide bonds. The first-order valence-electron chi connectivity index (χ1n) is 16.6. The van der Waals surface area contributed by atoms with E-state index in [1.54, 1.807) is 12.0 Å². The number of carbonyl (C=O) groups is 2. The van der Waals surface area contributed by atoms with Gasteiger partial charge in [0, 0.05) is 13.2 Å². The first kappa shape index (κ1) is 35.9. The van der Waals surface area contributed by atoms with E-state index in [4.69, 9.17) is 13.9 Å². The highest BCUT2D eigenvalue weighted by atomic mass is 28.4. The van der Waals surface area contributed by atoms with E-state index in [9.17, 15) is 9.59 Å². The van der Waals surface area contributed by atoms with Crippen molar-refractivity contribution in [2.45, 2.75) is 64.5 Å². The largest absolute Gasteiger partial charge is 0.497 e. The number of methoxy groups -OCH3 is 2. The standard InChI is InChI=1S/C40H51NO5Si/c1-30(2)35(23-16-28-46-47(40(3,4)5,33-19-10-8-11-20-33)34-21-12-9-13-22-34)36(26-25-31-17-14-18-32(29-31)44-6)38(42)41-27-15-24-37(41)39(43)45-7/h8-14,17-22,25-26,29,35-37H,1,15-16,23-24,27-28H2,2-7H3/b26-25+/t35-,36+,37+/m1/s1. The van der Waals surface area contributed by atoms with Crippen LogP contribution in [0.5, 0.6) is 5.75 Å². The van der Waals surface area contributed by atoms with Crippen LogP contribution in [0.1, 0.15) is 58.9 Å². The van der Waals surface area contributed by atoms with E-state index >= 15 is 0 Å². The van der Waals surface area contributed by atoms with Crippen LogP contribution in [0.2, 0.25) is 5.04 Å². The van der Waals surface area contributed by atoms with Crippen LogP contribution in [0.4, 0.5) is 0 Å². The number of rotatable bonds is 14. The Balaban J connectivity index is 1.63. The van der Waals surface area contributed by atoms with Gasteiger partial charge in [0.15, 0.2) is 0 Å². The van der Waals surface area contributed by atoms with Gasteiger partial charge in [-0.1, -0.05) is 118 Å². The minimum absolute atomic E-state index is 0.0713. The average molecular weight is 654 g/mol. The number of hydrogen-bond acceptors (Lipinski definition) is 5. The van der Waals surface area contributed by atoms with Gasteiger partial charge < -0.3 is 18.8 Å². The Morgan fingerprint density at radius 2 is 1.62 bits per heavy atom.